The van der Waals surface area contributed by atoms with Gasteiger partial charge >= 0.3 is 0 Å². The van der Waals surface area contributed by atoms with Crippen molar-refractivity contribution < 1.29 is 4.79 Å². The van der Waals surface area contributed by atoms with E-state index in [9.17, 15) is 4.79 Å². The van der Waals surface area contributed by atoms with Crippen molar-refractivity contribution in [3.63, 3.8) is 0 Å². The minimum absolute atomic E-state index is 0.0226. The van der Waals surface area contributed by atoms with E-state index in [1.165, 1.54) is 0 Å². The summed E-state index contributed by atoms with van der Waals surface area (Å²) in [5, 5.41) is 2.85. The number of hydrogen-bond donors (Lipinski definition) is 2. The van der Waals surface area contributed by atoms with E-state index in [1.54, 1.807) is 4.90 Å². The number of nitrogens with one attached hydrogen (secondary N) is 1. The van der Waals surface area contributed by atoms with Crippen LogP contribution in [0.1, 0.15) is 20.3 Å². The van der Waals surface area contributed by atoms with Crippen LogP contribution in [0.4, 0.5) is 0 Å². The Labute approximate surface area is 97.2 Å². The van der Waals surface area contributed by atoms with E-state index >= 15 is 0 Å². The fraction of sp³-hybridized carbons (Fsp3) is 0.800. The molecule has 0 aliphatic rings. The predicted octanol–water partition coefficient (Wildman–Crippen LogP) is 0.367. The number of hydrogen-bond acceptors (Lipinski definition) is 3. The Bertz CT molecular complexity index is 219. The summed E-state index contributed by atoms with van der Waals surface area (Å²) in [4.78, 5) is 13.6. The van der Waals surface area contributed by atoms with Crippen LogP contribution in [-0.4, -0.2) is 42.5 Å². The molecular formula is C10H21N3OS. The topological polar surface area (TPSA) is 58.4 Å². The summed E-state index contributed by atoms with van der Waals surface area (Å²) in [7, 11) is 1.82. The van der Waals surface area contributed by atoms with Crippen LogP contribution in [0.2, 0.25) is 0 Å². The van der Waals surface area contributed by atoms with Crippen molar-refractivity contribution in [2.24, 2.45) is 11.7 Å². The molecule has 0 fully saturated rings. The predicted molar refractivity (Wildman–Crippen MR) is 66.7 cm³/mol. The summed E-state index contributed by atoms with van der Waals surface area (Å²) in [6, 6.07) is 0. The smallest absolute Gasteiger partial charge is 0.234 e. The molecule has 0 heterocycles. The first kappa shape index (κ1) is 14.3. The van der Waals surface area contributed by atoms with E-state index in [-0.39, 0.29) is 5.91 Å². The lowest BCUT2D eigenvalue weighted by atomic mass is 10.1. The van der Waals surface area contributed by atoms with Gasteiger partial charge in [0.05, 0.1) is 11.5 Å². The van der Waals surface area contributed by atoms with Gasteiger partial charge in [-0.2, -0.15) is 0 Å². The number of likely N-dealkylation sites (N-methyl/N-ethyl adjacent to an activating group) is 1. The maximum atomic E-state index is 11.4. The second kappa shape index (κ2) is 7.59. The minimum Gasteiger partial charge on any atom is -0.392 e. The molecule has 0 bridgehead atoms. The van der Waals surface area contributed by atoms with Crippen molar-refractivity contribution in [3.8, 4) is 0 Å². The number of nitrogens with zero attached hydrogens (tertiary/aromatic N) is 1. The summed E-state index contributed by atoms with van der Waals surface area (Å²) in [6.45, 7) is 5.82. The average Bonchev–Trinajstić information content (AvgIpc) is 2.00. The molecule has 88 valence electrons. The molecule has 3 N–H and O–H groups in total. The maximum Gasteiger partial charge on any atom is 0.234 e. The van der Waals surface area contributed by atoms with Crippen LogP contribution in [0.25, 0.3) is 0 Å². The molecule has 0 spiro atoms. The summed E-state index contributed by atoms with van der Waals surface area (Å²) in [5.41, 5.74) is 5.37. The summed E-state index contributed by atoms with van der Waals surface area (Å²) in [5.74, 6) is 0.633. The number of nitrogens with two attached hydrogens (primary N) is 1. The zero-order chi connectivity index (χ0) is 11.8. The monoisotopic (exact) mass is 231 g/mol. The molecule has 0 aromatic rings. The Morgan fingerprint density at radius 1 is 1.47 bits per heavy atom. The highest BCUT2D eigenvalue weighted by Gasteiger charge is 2.06. The lowest BCUT2D eigenvalue weighted by Crippen LogP contribution is -2.39. The van der Waals surface area contributed by atoms with Gasteiger partial charge in [-0.25, -0.2) is 0 Å². The molecule has 0 aliphatic carbocycles. The van der Waals surface area contributed by atoms with E-state index in [1.807, 2.05) is 7.05 Å². The number of carbonyl (C=O) groups excluding carboxylic acids is 1. The second-order valence-electron chi connectivity index (χ2n) is 4.17. The normalized spacial score (nSPS) is 10.7. The Morgan fingerprint density at radius 2 is 2.07 bits per heavy atom. The number of amides is 1. The van der Waals surface area contributed by atoms with E-state index < -0.39 is 0 Å². The van der Waals surface area contributed by atoms with Gasteiger partial charge in [-0.1, -0.05) is 26.1 Å². The SMILES string of the molecule is CC(C)CCNC(=O)CN(C)CC(N)=S. The van der Waals surface area contributed by atoms with Gasteiger partial charge in [-0.3, -0.25) is 9.69 Å². The Kier molecular flexibility index (Phi) is 7.25. The molecular weight excluding hydrogens is 210 g/mol. The molecule has 0 unspecified atom stereocenters. The molecule has 0 saturated heterocycles. The Balaban J connectivity index is 3.60. The third-order valence-corrected chi connectivity index (χ3v) is 2.01. The number of rotatable bonds is 7. The molecule has 1 amide bonds. The van der Waals surface area contributed by atoms with Crippen molar-refractivity contribution in [1.82, 2.24) is 10.2 Å². The highest BCUT2D eigenvalue weighted by Crippen LogP contribution is 1.96. The van der Waals surface area contributed by atoms with Gasteiger partial charge < -0.3 is 11.1 Å². The molecule has 0 radical (unpaired) electrons. The third kappa shape index (κ3) is 9.62. The van der Waals surface area contributed by atoms with Crippen molar-refractivity contribution >= 4 is 23.1 Å². The molecule has 0 aromatic carbocycles. The maximum absolute atomic E-state index is 11.4. The molecule has 0 aliphatic heterocycles. The van der Waals surface area contributed by atoms with Crippen LogP contribution >= 0.6 is 12.2 Å². The van der Waals surface area contributed by atoms with Gasteiger partial charge in [0.15, 0.2) is 0 Å². The first-order valence-corrected chi connectivity index (χ1v) is 5.56. The van der Waals surface area contributed by atoms with Crippen LogP contribution < -0.4 is 11.1 Å². The van der Waals surface area contributed by atoms with Crippen molar-refractivity contribution in [2.75, 3.05) is 26.7 Å². The zero-order valence-corrected chi connectivity index (χ0v) is 10.6. The first-order chi connectivity index (χ1) is 6.91. The number of thiocarbonyl (C=S) groups is 1. The third-order valence-electron chi connectivity index (χ3n) is 1.88. The van der Waals surface area contributed by atoms with Crippen LogP contribution in [-0.2, 0) is 4.79 Å². The lowest BCUT2D eigenvalue weighted by molar-refractivity contribution is -0.121. The molecule has 4 nitrogen and oxygen atoms in total. The number of carbonyl (C=O) groups is 1. The lowest BCUT2D eigenvalue weighted by Gasteiger charge is -2.15. The van der Waals surface area contributed by atoms with Gasteiger partial charge in [0.1, 0.15) is 0 Å². The fourth-order valence-corrected chi connectivity index (χ4v) is 1.34. The average molecular weight is 231 g/mol. The Morgan fingerprint density at radius 3 is 2.53 bits per heavy atom. The molecule has 0 rings (SSSR count). The van der Waals surface area contributed by atoms with Crippen LogP contribution in [0.5, 0.6) is 0 Å². The van der Waals surface area contributed by atoms with Gasteiger partial charge in [0, 0.05) is 13.1 Å². The van der Waals surface area contributed by atoms with E-state index in [0.29, 0.717) is 24.0 Å². The highest BCUT2D eigenvalue weighted by molar-refractivity contribution is 7.80. The van der Waals surface area contributed by atoms with Crippen molar-refractivity contribution in [3.05, 3.63) is 0 Å². The fourth-order valence-electron chi connectivity index (χ4n) is 1.12. The molecule has 15 heavy (non-hydrogen) atoms. The van der Waals surface area contributed by atoms with Gasteiger partial charge in [0.25, 0.3) is 0 Å². The van der Waals surface area contributed by atoms with Crippen molar-refractivity contribution in [2.45, 2.75) is 20.3 Å². The highest BCUT2D eigenvalue weighted by atomic mass is 32.1. The van der Waals surface area contributed by atoms with Crippen LogP contribution in [0, 0.1) is 5.92 Å². The minimum atomic E-state index is 0.0226. The molecule has 0 atom stereocenters. The van der Waals surface area contributed by atoms with E-state index in [0.717, 1.165) is 13.0 Å². The van der Waals surface area contributed by atoms with Gasteiger partial charge in [-0.15, -0.1) is 0 Å². The Hall–Kier alpha value is -0.680. The summed E-state index contributed by atoms with van der Waals surface area (Å²) >= 11 is 4.75. The van der Waals surface area contributed by atoms with E-state index in [2.05, 4.69) is 19.2 Å². The van der Waals surface area contributed by atoms with Crippen LogP contribution in [0.15, 0.2) is 0 Å². The molecule has 0 saturated carbocycles. The van der Waals surface area contributed by atoms with E-state index in [4.69, 9.17) is 18.0 Å². The standard InChI is InChI=1S/C10H21N3OS/c1-8(2)4-5-12-10(14)7-13(3)6-9(11)15/h8H,4-7H2,1-3H3,(H2,11,15)(H,12,14). The van der Waals surface area contributed by atoms with Crippen molar-refractivity contribution in [1.29, 1.82) is 0 Å². The zero-order valence-electron chi connectivity index (χ0n) is 9.75. The van der Waals surface area contributed by atoms with Crippen LogP contribution in [0.3, 0.4) is 0 Å². The van der Waals surface area contributed by atoms with Gasteiger partial charge in [0.2, 0.25) is 5.91 Å². The quantitative estimate of drug-likeness (QED) is 0.621. The first-order valence-electron chi connectivity index (χ1n) is 5.15. The summed E-state index contributed by atoms with van der Waals surface area (Å²) in [6.07, 6.45) is 1.00. The molecule has 0 aromatic heterocycles. The van der Waals surface area contributed by atoms with Gasteiger partial charge in [-0.05, 0) is 19.4 Å². The largest absolute Gasteiger partial charge is 0.392 e. The summed E-state index contributed by atoms with van der Waals surface area (Å²) < 4.78 is 0. The second-order valence-corrected chi connectivity index (χ2v) is 4.70. The molecule has 5 heteroatoms.